The number of aromatic nitrogens is 2. The van der Waals surface area contributed by atoms with E-state index in [0.717, 1.165) is 22.3 Å². The van der Waals surface area contributed by atoms with E-state index in [1.54, 1.807) is 26.3 Å². The lowest BCUT2D eigenvalue weighted by atomic mass is 10.0. The Hall–Kier alpha value is -2.78. The molecule has 3 heterocycles. The van der Waals surface area contributed by atoms with Crippen LogP contribution in [-0.4, -0.2) is 45.1 Å². The zero-order valence-electron chi connectivity index (χ0n) is 18.1. The SMILES string of the molecule is CC(C)(C)OC(=O)N1CCC1C(=O)NCc1cc2cc(Cl)c(OCc3cscn3)cc2[nH]1. The molecule has 4 rings (SSSR count). The highest BCUT2D eigenvalue weighted by Crippen LogP contribution is 2.31. The van der Waals surface area contributed by atoms with Gasteiger partial charge in [0.05, 0.1) is 22.8 Å². The average Bonchev–Trinajstić information content (AvgIpc) is 3.31. The predicted octanol–water partition coefficient (Wildman–Crippen LogP) is 4.48. The molecule has 1 aliphatic rings. The number of carbonyl (C=O) groups is 2. The summed E-state index contributed by atoms with van der Waals surface area (Å²) in [4.78, 5) is 33.7. The fourth-order valence-electron chi connectivity index (χ4n) is 3.36. The van der Waals surface area contributed by atoms with Gasteiger partial charge in [-0.3, -0.25) is 9.69 Å². The molecule has 170 valence electrons. The van der Waals surface area contributed by atoms with E-state index in [9.17, 15) is 9.59 Å². The lowest BCUT2D eigenvalue weighted by Gasteiger charge is -2.40. The first-order valence-corrected chi connectivity index (χ1v) is 11.6. The van der Waals surface area contributed by atoms with Gasteiger partial charge in [-0.15, -0.1) is 11.3 Å². The maximum atomic E-state index is 12.6. The molecule has 3 aromatic rings. The third-order valence-corrected chi connectivity index (χ3v) is 5.92. The number of carbonyl (C=O) groups excluding carboxylic acids is 2. The largest absolute Gasteiger partial charge is 0.486 e. The molecule has 1 fully saturated rings. The van der Waals surface area contributed by atoms with E-state index in [4.69, 9.17) is 21.1 Å². The van der Waals surface area contributed by atoms with Crippen molar-refractivity contribution in [2.24, 2.45) is 0 Å². The summed E-state index contributed by atoms with van der Waals surface area (Å²) < 4.78 is 11.2. The number of hydrogen-bond acceptors (Lipinski definition) is 6. The summed E-state index contributed by atoms with van der Waals surface area (Å²) >= 11 is 7.87. The molecule has 1 aromatic carbocycles. The van der Waals surface area contributed by atoms with Crippen LogP contribution in [0.2, 0.25) is 5.02 Å². The molecule has 10 heteroatoms. The maximum absolute atomic E-state index is 12.6. The molecule has 1 atom stereocenters. The van der Waals surface area contributed by atoms with Crippen LogP contribution in [0, 0.1) is 0 Å². The molecule has 0 radical (unpaired) electrons. The number of amides is 2. The molecule has 0 aliphatic carbocycles. The molecule has 2 amide bonds. The van der Waals surface area contributed by atoms with Crippen molar-refractivity contribution in [2.75, 3.05) is 6.54 Å². The Morgan fingerprint density at radius 3 is 2.81 bits per heavy atom. The van der Waals surface area contributed by atoms with Crippen LogP contribution in [0.5, 0.6) is 5.75 Å². The lowest BCUT2D eigenvalue weighted by molar-refractivity contribution is -0.130. The van der Waals surface area contributed by atoms with Gasteiger partial charge in [-0.05, 0) is 39.3 Å². The van der Waals surface area contributed by atoms with Gasteiger partial charge in [0.1, 0.15) is 24.0 Å². The summed E-state index contributed by atoms with van der Waals surface area (Å²) in [6, 6.07) is 5.09. The minimum Gasteiger partial charge on any atom is -0.486 e. The van der Waals surface area contributed by atoms with Crippen molar-refractivity contribution < 1.29 is 19.1 Å². The second-order valence-corrected chi connectivity index (χ2v) is 9.75. The van der Waals surface area contributed by atoms with E-state index in [1.165, 1.54) is 16.2 Å². The second-order valence-electron chi connectivity index (χ2n) is 8.63. The topological polar surface area (TPSA) is 96.6 Å². The Morgan fingerprint density at radius 2 is 2.16 bits per heavy atom. The molecule has 0 bridgehead atoms. The van der Waals surface area contributed by atoms with Crippen LogP contribution in [0.15, 0.2) is 29.1 Å². The Morgan fingerprint density at radius 1 is 1.34 bits per heavy atom. The standard InChI is InChI=1S/C22H25ClN4O4S/c1-22(2,3)31-21(29)27-5-4-18(27)20(28)24-9-14-6-13-7-16(23)19(8-17(13)26-14)30-10-15-11-32-12-25-15/h6-8,11-12,18,26H,4-5,9-10H2,1-3H3,(H,24,28). The van der Waals surface area contributed by atoms with E-state index in [1.807, 2.05) is 23.6 Å². The van der Waals surface area contributed by atoms with E-state index >= 15 is 0 Å². The number of nitrogens with one attached hydrogen (secondary N) is 2. The number of thiazole rings is 1. The minimum absolute atomic E-state index is 0.203. The summed E-state index contributed by atoms with van der Waals surface area (Å²) in [5.74, 6) is 0.359. The first kappa shape index (κ1) is 22.4. The first-order valence-electron chi connectivity index (χ1n) is 10.3. The highest BCUT2D eigenvalue weighted by molar-refractivity contribution is 7.07. The summed E-state index contributed by atoms with van der Waals surface area (Å²) in [7, 11) is 0. The van der Waals surface area contributed by atoms with Crippen molar-refractivity contribution in [1.82, 2.24) is 20.2 Å². The second kappa shape index (κ2) is 8.99. The van der Waals surface area contributed by atoms with Gasteiger partial charge in [0.25, 0.3) is 0 Å². The van der Waals surface area contributed by atoms with Gasteiger partial charge >= 0.3 is 6.09 Å². The zero-order valence-corrected chi connectivity index (χ0v) is 19.7. The quantitative estimate of drug-likeness (QED) is 0.546. The smallest absolute Gasteiger partial charge is 0.410 e. The van der Waals surface area contributed by atoms with Crippen LogP contribution in [0.25, 0.3) is 10.9 Å². The van der Waals surface area contributed by atoms with Crippen molar-refractivity contribution in [2.45, 2.75) is 52.0 Å². The van der Waals surface area contributed by atoms with E-state index in [-0.39, 0.29) is 5.91 Å². The van der Waals surface area contributed by atoms with Crippen LogP contribution in [0.3, 0.4) is 0 Å². The van der Waals surface area contributed by atoms with Crippen LogP contribution in [0.1, 0.15) is 38.6 Å². The van der Waals surface area contributed by atoms with Gasteiger partial charge in [0, 0.05) is 34.6 Å². The van der Waals surface area contributed by atoms with Gasteiger partial charge in [0.2, 0.25) is 5.91 Å². The number of fused-ring (bicyclic) bond motifs is 1. The van der Waals surface area contributed by atoms with E-state index in [2.05, 4.69) is 15.3 Å². The number of aromatic amines is 1. The number of halogens is 1. The van der Waals surface area contributed by atoms with Gasteiger partial charge in [-0.1, -0.05) is 11.6 Å². The first-order chi connectivity index (χ1) is 15.2. The van der Waals surface area contributed by atoms with Crippen LogP contribution >= 0.6 is 22.9 Å². The zero-order chi connectivity index (χ0) is 22.9. The lowest BCUT2D eigenvalue weighted by Crippen LogP contribution is -2.59. The third-order valence-electron chi connectivity index (χ3n) is 4.99. The van der Waals surface area contributed by atoms with Gasteiger partial charge in [-0.2, -0.15) is 0 Å². The number of hydrogen-bond donors (Lipinski definition) is 2. The van der Waals surface area contributed by atoms with Crippen molar-refractivity contribution in [1.29, 1.82) is 0 Å². The highest BCUT2D eigenvalue weighted by atomic mass is 35.5. The van der Waals surface area contributed by atoms with Crippen LogP contribution < -0.4 is 10.1 Å². The number of benzene rings is 1. The normalized spacial score (nSPS) is 16.0. The fraction of sp³-hybridized carbons (Fsp3) is 0.409. The van der Waals surface area contributed by atoms with Crippen molar-refractivity contribution in [3.8, 4) is 5.75 Å². The molecule has 32 heavy (non-hydrogen) atoms. The highest BCUT2D eigenvalue weighted by Gasteiger charge is 2.39. The average molecular weight is 477 g/mol. The maximum Gasteiger partial charge on any atom is 0.410 e. The molecular weight excluding hydrogens is 452 g/mol. The number of likely N-dealkylation sites (tertiary alicyclic amines) is 1. The molecule has 0 spiro atoms. The molecule has 8 nitrogen and oxygen atoms in total. The minimum atomic E-state index is -0.595. The Bertz CT molecular complexity index is 1120. The van der Waals surface area contributed by atoms with E-state index in [0.29, 0.717) is 36.9 Å². The molecular formula is C22H25ClN4O4S. The number of ether oxygens (including phenoxy) is 2. The van der Waals surface area contributed by atoms with Crippen molar-refractivity contribution in [3.05, 3.63) is 45.5 Å². The summed E-state index contributed by atoms with van der Waals surface area (Å²) in [5.41, 5.74) is 3.68. The Balaban J connectivity index is 1.36. The van der Waals surface area contributed by atoms with Gasteiger partial charge in [-0.25, -0.2) is 9.78 Å². The van der Waals surface area contributed by atoms with Crippen molar-refractivity contribution >= 4 is 45.8 Å². The van der Waals surface area contributed by atoms with Gasteiger partial charge in [0.15, 0.2) is 0 Å². The monoisotopic (exact) mass is 476 g/mol. The summed E-state index contributed by atoms with van der Waals surface area (Å²) in [6.45, 7) is 6.57. The van der Waals surface area contributed by atoms with Crippen LogP contribution in [-0.2, 0) is 22.7 Å². The van der Waals surface area contributed by atoms with Crippen molar-refractivity contribution in [3.63, 3.8) is 0 Å². The van der Waals surface area contributed by atoms with Crippen LogP contribution in [0.4, 0.5) is 4.79 Å². The third kappa shape index (κ3) is 5.16. The van der Waals surface area contributed by atoms with Gasteiger partial charge < -0.3 is 19.8 Å². The molecule has 1 saturated heterocycles. The van der Waals surface area contributed by atoms with E-state index < -0.39 is 17.7 Å². The molecule has 0 saturated carbocycles. The predicted molar refractivity (Wildman–Crippen MR) is 123 cm³/mol. The molecule has 2 aromatic heterocycles. The molecule has 2 N–H and O–H groups in total. The fourth-order valence-corrected chi connectivity index (χ4v) is 4.13. The molecule has 1 aliphatic heterocycles. The number of H-pyrrole nitrogens is 1. The Kier molecular flexibility index (Phi) is 6.30. The number of rotatable bonds is 6. The molecule has 1 unspecified atom stereocenters. The number of nitrogens with zero attached hydrogens (tertiary/aromatic N) is 2. The summed E-state index contributed by atoms with van der Waals surface area (Å²) in [5, 5.41) is 6.24. The Labute approximate surface area is 194 Å². The summed E-state index contributed by atoms with van der Waals surface area (Å²) in [6.07, 6.45) is 0.155.